The lowest BCUT2D eigenvalue weighted by Crippen LogP contribution is -2.45. The summed E-state index contributed by atoms with van der Waals surface area (Å²) in [6.07, 6.45) is 109. The van der Waals surface area contributed by atoms with Crippen LogP contribution in [0.3, 0.4) is 0 Å². The van der Waals surface area contributed by atoms with Gasteiger partial charge in [0, 0.05) is 6.42 Å². The van der Waals surface area contributed by atoms with Crippen LogP contribution in [0, 0.1) is 0 Å². The third kappa shape index (κ3) is 67.5. The van der Waals surface area contributed by atoms with Crippen LogP contribution in [-0.2, 0) is 4.79 Å². The first-order valence-electron chi connectivity index (χ1n) is 35.2. The van der Waals surface area contributed by atoms with Gasteiger partial charge in [-0.25, -0.2) is 0 Å². The summed E-state index contributed by atoms with van der Waals surface area (Å²) in [5.41, 5.74) is 0. The highest BCUT2D eigenvalue weighted by atomic mass is 16.3. The molecule has 0 rings (SSSR count). The minimum atomic E-state index is -0.872. The Bertz CT molecular complexity index is 1560. The topological polar surface area (TPSA) is 69.6 Å². The number of amides is 1. The maximum atomic E-state index is 12.5. The van der Waals surface area contributed by atoms with Gasteiger partial charge >= 0.3 is 0 Å². The Morgan fingerprint density at radius 3 is 0.864 bits per heavy atom. The largest absolute Gasteiger partial charge is 0.394 e. The van der Waals surface area contributed by atoms with Crippen LogP contribution < -0.4 is 5.32 Å². The van der Waals surface area contributed by atoms with Crippen molar-refractivity contribution in [3.63, 3.8) is 0 Å². The lowest BCUT2D eigenvalue weighted by atomic mass is 10.0. The molecule has 2 unspecified atom stereocenters. The predicted molar refractivity (Wildman–Crippen MR) is 363 cm³/mol. The molecule has 0 aromatic heterocycles. The van der Waals surface area contributed by atoms with Gasteiger partial charge in [0.15, 0.2) is 0 Å². The molecule has 0 radical (unpaired) electrons. The minimum absolute atomic E-state index is 0.0768. The molecule has 3 N–H and O–H groups in total. The quantitative estimate of drug-likeness (QED) is 0.0420. The monoisotopic (exact) mass is 1120 g/mol. The van der Waals surface area contributed by atoms with Gasteiger partial charge in [-0.2, -0.15) is 0 Å². The SMILES string of the molecule is CC/C=C\C/C=C\C/C=C\C/C=C\C/C=C\C/C=C\C/C=C\C/C=C\CCCCCCCCCCCCCCC(=O)NC(CO)C(O)/C=C/CC/C=C/CCCCCCCCCCCCCCCCCCCCCCCCCCCC. The molecule has 0 aliphatic heterocycles. The summed E-state index contributed by atoms with van der Waals surface area (Å²) in [5, 5.41) is 23.3. The zero-order chi connectivity index (χ0) is 58.4. The lowest BCUT2D eigenvalue weighted by Gasteiger charge is -2.19. The zero-order valence-corrected chi connectivity index (χ0v) is 53.8. The fourth-order valence-corrected chi connectivity index (χ4v) is 10.4. The number of unbranched alkanes of at least 4 members (excludes halogenated alkanes) is 39. The van der Waals surface area contributed by atoms with Crippen molar-refractivity contribution >= 4 is 5.91 Å². The first-order chi connectivity index (χ1) is 40.2. The summed E-state index contributed by atoms with van der Waals surface area (Å²) in [6.45, 7) is 4.21. The van der Waals surface area contributed by atoms with Gasteiger partial charge in [0.05, 0.1) is 18.8 Å². The predicted octanol–water partition coefficient (Wildman–Crippen LogP) is 24.3. The molecule has 0 aromatic rings. The maximum absolute atomic E-state index is 12.5. The van der Waals surface area contributed by atoms with E-state index in [1.807, 2.05) is 6.08 Å². The molecule has 0 saturated heterocycles. The van der Waals surface area contributed by atoms with Crippen molar-refractivity contribution in [2.24, 2.45) is 0 Å². The van der Waals surface area contributed by atoms with E-state index in [0.717, 1.165) is 83.5 Å². The van der Waals surface area contributed by atoms with E-state index in [2.05, 4.69) is 129 Å². The molecule has 466 valence electrons. The average molecular weight is 1120 g/mol. The molecule has 0 aliphatic carbocycles. The zero-order valence-electron chi connectivity index (χ0n) is 53.8. The molecule has 0 aromatic carbocycles. The molecule has 0 bridgehead atoms. The van der Waals surface area contributed by atoms with Crippen LogP contribution in [0.2, 0.25) is 0 Å². The third-order valence-electron chi connectivity index (χ3n) is 15.7. The average Bonchev–Trinajstić information content (AvgIpc) is 3.47. The number of aliphatic hydroxyl groups is 2. The highest BCUT2D eigenvalue weighted by Gasteiger charge is 2.18. The molecule has 0 saturated carbocycles. The summed E-state index contributed by atoms with van der Waals surface area (Å²) in [4.78, 5) is 12.5. The van der Waals surface area contributed by atoms with Crippen LogP contribution in [-0.4, -0.2) is 34.9 Å². The number of rotatable bonds is 64. The Balaban J connectivity index is 3.54. The van der Waals surface area contributed by atoms with Crippen molar-refractivity contribution < 1.29 is 15.0 Å². The van der Waals surface area contributed by atoms with Gasteiger partial charge in [-0.3, -0.25) is 4.79 Å². The van der Waals surface area contributed by atoms with E-state index < -0.39 is 12.1 Å². The van der Waals surface area contributed by atoms with E-state index in [1.165, 1.54) is 238 Å². The van der Waals surface area contributed by atoms with Gasteiger partial charge in [-0.1, -0.05) is 360 Å². The van der Waals surface area contributed by atoms with E-state index in [4.69, 9.17) is 0 Å². The number of hydrogen-bond acceptors (Lipinski definition) is 3. The molecule has 0 spiro atoms. The van der Waals surface area contributed by atoms with Crippen LogP contribution in [0.1, 0.15) is 341 Å². The molecule has 0 fully saturated rings. The van der Waals surface area contributed by atoms with Crippen molar-refractivity contribution in [3.8, 4) is 0 Å². The number of carbonyl (C=O) groups is 1. The second kappa shape index (κ2) is 71.1. The summed E-state index contributed by atoms with van der Waals surface area (Å²) in [6, 6.07) is -0.650. The van der Waals surface area contributed by atoms with E-state index >= 15 is 0 Å². The fraction of sp³-hybridized carbons (Fsp3) is 0.727. The second-order valence-electron chi connectivity index (χ2n) is 23.6. The van der Waals surface area contributed by atoms with Crippen LogP contribution >= 0.6 is 0 Å². The van der Waals surface area contributed by atoms with Gasteiger partial charge in [-0.05, 0) is 96.3 Å². The van der Waals surface area contributed by atoms with Gasteiger partial charge in [-0.15, -0.1) is 0 Å². The van der Waals surface area contributed by atoms with Crippen molar-refractivity contribution in [2.45, 2.75) is 353 Å². The Morgan fingerprint density at radius 2 is 0.556 bits per heavy atom. The van der Waals surface area contributed by atoms with E-state index in [9.17, 15) is 15.0 Å². The van der Waals surface area contributed by atoms with Gasteiger partial charge in [0.2, 0.25) is 5.91 Å². The van der Waals surface area contributed by atoms with Crippen molar-refractivity contribution in [3.05, 3.63) is 122 Å². The number of allylic oxidation sites excluding steroid dienone is 19. The summed E-state index contributed by atoms with van der Waals surface area (Å²) < 4.78 is 0. The molecule has 4 nitrogen and oxygen atoms in total. The first kappa shape index (κ1) is 77.8. The summed E-state index contributed by atoms with van der Waals surface area (Å²) >= 11 is 0. The van der Waals surface area contributed by atoms with Crippen molar-refractivity contribution in [1.82, 2.24) is 5.32 Å². The molecular weight excluding hydrogens is 987 g/mol. The second-order valence-corrected chi connectivity index (χ2v) is 23.6. The number of carbonyl (C=O) groups excluding carboxylic acids is 1. The number of aliphatic hydroxyl groups excluding tert-OH is 2. The third-order valence-corrected chi connectivity index (χ3v) is 15.7. The number of nitrogens with one attached hydrogen (secondary N) is 1. The fourth-order valence-electron chi connectivity index (χ4n) is 10.4. The minimum Gasteiger partial charge on any atom is -0.394 e. The maximum Gasteiger partial charge on any atom is 0.220 e. The Hall–Kier alpha value is -3.21. The van der Waals surface area contributed by atoms with E-state index in [-0.39, 0.29) is 12.5 Å². The van der Waals surface area contributed by atoms with Gasteiger partial charge < -0.3 is 15.5 Å². The Kier molecular flexibility index (Phi) is 68.2. The van der Waals surface area contributed by atoms with Crippen LogP contribution in [0.4, 0.5) is 0 Å². The summed E-state index contributed by atoms with van der Waals surface area (Å²) in [5.74, 6) is -0.0768. The molecule has 81 heavy (non-hydrogen) atoms. The van der Waals surface area contributed by atoms with Gasteiger partial charge in [0.1, 0.15) is 0 Å². The molecular formula is C77H135NO3. The standard InChI is InChI=1S/C77H135NO3/c1-3-5-7-9-11-13-15-17-19-21-23-25-27-29-31-33-35-37-38-39-40-41-43-45-47-49-51-53-55-57-59-61-63-65-67-69-71-73-77(81)78-75(74-79)76(80)72-70-68-66-64-62-60-58-56-54-52-50-48-46-44-42-36-34-32-30-28-26-24-22-20-18-16-14-12-10-8-6-4-2/h5,7,11,13,17,19,23,25,29,31,35,37,39-40,43,45,62,64,70,72,75-76,79-80H,3-4,6,8-10,12,14-16,18,20-22,24,26-28,30,32-34,36,38,41-42,44,46-61,63,65-69,71,73-74H2,1-2H3,(H,78,81)/b7-5-,13-11-,19-17-,25-23-,31-29-,37-35-,40-39-,45-43-,64-62+,72-70+. The number of hydrogen-bond donors (Lipinski definition) is 3. The first-order valence-corrected chi connectivity index (χ1v) is 35.2. The summed E-state index contributed by atoms with van der Waals surface area (Å²) in [7, 11) is 0. The van der Waals surface area contributed by atoms with Crippen LogP contribution in [0.25, 0.3) is 0 Å². The smallest absolute Gasteiger partial charge is 0.220 e. The van der Waals surface area contributed by atoms with Crippen molar-refractivity contribution in [1.29, 1.82) is 0 Å². The van der Waals surface area contributed by atoms with E-state index in [0.29, 0.717) is 6.42 Å². The molecule has 1 amide bonds. The van der Waals surface area contributed by atoms with Crippen molar-refractivity contribution in [2.75, 3.05) is 6.61 Å². The Morgan fingerprint density at radius 1 is 0.309 bits per heavy atom. The van der Waals surface area contributed by atoms with Gasteiger partial charge in [0.25, 0.3) is 0 Å². The highest BCUT2D eigenvalue weighted by Crippen LogP contribution is 2.18. The normalized spacial score (nSPS) is 13.5. The highest BCUT2D eigenvalue weighted by molar-refractivity contribution is 5.76. The van der Waals surface area contributed by atoms with Crippen LogP contribution in [0.5, 0.6) is 0 Å². The van der Waals surface area contributed by atoms with Crippen LogP contribution in [0.15, 0.2) is 122 Å². The lowest BCUT2D eigenvalue weighted by molar-refractivity contribution is -0.123. The Labute approximate surface area is 505 Å². The van der Waals surface area contributed by atoms with E-state index in [1.54, 1.807) is 6.08 Å². The molecule has 2 atom stereocenters. The molecule has 4 heteroatoms. The molecule has 0 aliphatic rings. The molecule has 0 heterocycles.